The first-order valence-corrected chi connectivity index (χ1v) is 11.3. The Morgan fingerprint density at radius 3 is 2.83 bits per heavy atom. The van der Waals surface area contributed by atoms with Crippen molar-refractivity contribution in [3.8, 4) is 0 Å². The number of methoxy groups -OCH3 is 1. The van der Waals surface area contributed by atoms with Crippen molar-refractivity contribution in [2.75, 3.05) is 37.9 Å². The lowest BCUT2D eigenvalue weighted by Crippen LogP contribution is -2.60. The highest BCUT2D eigenvalue weighted by atomic mass is 32.2. The number of ether oxygens (including phenoxy) is 1. The Labute approximate surface area is 172 Å². The summed E-state index contributed by atoms with van der Waals surface area (Å²) in [6, 6.07) is 2.49. The lowest BCUT2D eigenvalue weighted by molar-refractivity contribution is 0.151. The fraction of sp³-hybridized carbons (Fsp3) is 0.632. The van der Waals surface area contributed by atoms with Crippen LogP contribution in [0.1, 0.15) is 25.7 Å². The van der Waals surface area contributed by atoms with Crippen molar-refractivity contribution in [3.63, 3.8) is 0 Å². The van der Waals surface area contributed by atoms with Gasteiger partial charge in [-0.15, -0.1) is 0 Å². The molecule has 2 aromatic heterocycles. The molecule has 1 unspecified atom stereocenters. The van der Waals surface area contributed by atoms with E-state index in [1.165, 1.54) is 7.11 Å². The zero-order valence-corrected chi connectivity index (χ0v) is 17.7. The predicted octanol–water partition coefficient (Wildman–Crippen LogP) is 1.66. The Kier molecular flexibility index (Phi) is 6.00. The number of aromatic nitrogens is 3. The molecule has 1 atom stereocenters. The van der Waals surface area contributed by atoms with E-state index in [1.54, 1.807) is 6.33 Å². The molecular formula is C19H28N6O3S. The van der Waals surface area contributed by atoms with Gasteiger partial charge in [0.1, 0.15) is 17.8 Å². The Hall–Kier alpha value is -2.20. The number of aromatic amines is 1. The van der Waals surface area contributed by atoms with Gasteiger partial charge in [0.2, 0.25) is 0 Å². The molecule has 158 valence electrons. The average Bonchev–Trinajstić information content (AvgIpc) is 3.19. The highest BCUT2D eigenvalue weighted by Gasteiger charge is 2.34. The van der Waals surface area contributed by atoms with Crippen LogP contribution in [0, 0.1) is 5.92 Å². The first-order valence-electron chi connectivity index (χ1n) is 10.0. The van der Waals surface area contributed by atoms with Crippen molar-refractivity contribution in [1.82, 2.24) is 24.6 Å². The third-order valence-electron chi connectivity index (χ3n) is 6.05. The van der Waals surface area contributed by atoms with Crippen LogP contribution in [0.4, 0.5) is 10.6 Å². The minimum absolute atomic E-state index is 0.0360. The van der Waals surface area contributed by atoms with Gasteiger partial charge in [0.05, 0.1) is 29.5 Å². The SMILES string of the molecule is COC(=O)NC1CN(S(=O)CC2CCC(N(C)c3ncnc4[nH]ccc34)CC2)C1. The number of nitrogens with one attached hydrogen (secondary N) is 2. The summed E-state index contributed by atoms with van der Waals surface area (Å²) in [4.78, 5) is 25.4. The lowest BCUT2D eigenvalue weighted by atomic mass is 9.86. The predicted molar refractivity (Wildman–Crippen MR) is 112 cm³/mol. The molecule has 2 N–H and O–H groups in total. The van der Waals surface area contributed by atoms with Crippen LogP contribution in [0.2, 0.25) is 0 Å². The Morgan fingerprint density at radius 1 is 1.34 bits per heavy atom. The molecule has 1 aliphatic heterocycles. The standard InChI is InChI=1S/C19H28N6O3S/c1-24(18-16-7-8-20-17(16)21-12-22-18)15-5-3-13(4-6-15)11-29(27)25-9-14(10-25)23-19(26)28-2/h7-8,12-15H,3-6,9-11H2,1-2H3,(H,23,26)(H,20,21,22). The Bertz CT molecular complexity index is 876. The van der Waals surface area contributed by atoms with Gasteiger partial charge in [0, 0.05) is 38.1 Å². The van der Waals surface area contributed by atoms with Crippen molar-refractivity contribution in [2.45, 2.75) is 37.8 Å². The average molecular weight is 421 g/mol. The van der Waals surface area contributed by atoms with Crippen LogP contribution in [0.15, 0.2) is 18.6 Å². The van der Waals surface area contributed by atoms with E-state index in [0.29, 0.717) is 30.8 Å². The molecule has 2 aromatic rings. The summed E-state index contributed by atoms with van der Waals surface area (Å²) in [6.07, 6.45) is 7.35. The number of carbonyl (C=O) groups excluding carboxylic acids is 1. The maximum absolute atomic E-state index is 12.6. The summed E-state index contributed by atoms with van der Waals surface area (Å²) in [5, 5.41) is 3.79. The summed E-state index contributed by atoms with van der Waals surface area (Å²) >= 11 is 0. The molecule has 0 aromatic carbocycles. The molecule has 10 heteroatoms. The van der Waals surface area contributed by atoms with E-state index in [9.17, 15) is 9.00 Å². The van der Waals surface area contributed by atoms with Crippen molar-refractivity contribution >= 4 is 33.9 Å². The van der Waals surface area contributed by atoms with E-state index in [2.05, 4.69) is 37.0 Å². The van der Waals surface area contributed by atoms with Crippen molar-refractivity contribution in [2.24, 2.45) is 5.92 Å². The minimum atomic E-state index is -0.981. The molecule has 0 bridgehead atoms. The van der Waals surface area contributed by atoms with Gasteiger partial charge in [-0.25, -0.2) is 23.3 Å². The first-order chi connectivity index (χ1) is 14.0. The number of rotatable bonds is 6. The molecule has 0 spiro atoms. The van der Waals surface area contributed by atoms with Gasteiger partial charge in [-0.2, -0.15) is 0 Å². The van der Waals surface area contributed by atoms with Gasteiger partial charge >= 0.3 is 6.09 Å². The number of hydrogen-bond donors (Lipinski definition) is 2. The van der Waals surface area contributed by atoms with Gasteiger partial charge in [0.25, 0.3) is 0 Å². The number of anilines is 1. The molecule has 29 heavy (non-hydrogen) atoms. The summed E-state index contributed by atoms with van der Waals surface area (Å²) in [6.45, 7) is 1.25. The maximum Gasteiger partial charge on any atom is 0.407 e. The normalized spacial score (nSPS) is 24.1. The zero-order valence-electron chi connectivity index (χ0n) is 16.8. The molecule has 4 rings (SSSR count). The second-order valence-corrected chi connectivity index (χ2v) is 9.38. The van der Waals surface area contributed by atoms with Crippen LogP contribution < -0.4 is 10.2 Å². The van der Waals surface area contributed by atoms with Gasteiger partial charge in [0.15, 0.2) is 0 Å². The molecule has 9 nitrogen and oxygen atoms in total. The van der Waals surface area contributed by atoms with Gasteiger partial charge < -0.3 is 19.9 Å². The lowest BCUT2D eigenvalue weighted by Gasteiger charge is -2.39. The number of amides is 1. The second-order valence-electron chi connectivity index (χ2n) is 7.89. The monoisotopic (exact) mass is 420 g/mol. The molecule has 1 saturated carbocycles. The van der Waals surface area contributed by atoms with E-state index < -0.39 is 17.1 Å². The zero-order chi connectivity index (χ0) is 20.4. The van der Waals surface area contributed by atoms with Crippen molar-refractivity contribution in [3.05, 3.63) is 18.6 Å². The molecule has 2 aliphatic rings. The number of nitrogens with zero attached hydrogens (tertiary/aromatic N) is 4. The number of hydrogen-bond acceptors (Lipinski definition) is 6. The first kappa shape index (κ1) is 20.1. The summed E-state index contributed by atoms with van der Waals surface area (Å²) in [7, 11) is 2.47. The van der Waals surface area contributed by atoms with E-state index in [-0.39, 0.29) is 6.04 Å². The van der Waals surface area contributed by atoms with E-state index >= 15 is 0 Å². The molecule has 1 amide bonds. The quantitative estimate of drug-likeness (QED) is 0.737. The second kappa shape index (κ2) is 8.66. The van der Waals surface area contributed by atoms with Gasteiger partial charge in [-0.3, -0.25) is 0 Å². The Morgan fingerprint density at radius 2 is 2.10 bits per heavy atom. The van der Waals surface area contributed by atoms with Crippen molar-refractivity contribution in [1.29, 1.82) is 0 Å². The number of alkyl carbamates (subject to hydrolysis) is 1. The van der Waals surface area contributed by atoms with E-state index in [0.717, 1.165) is 42.5 Å². The highest BCUT2D eigenvalue weighted by Crippen LogP contribution is 2.32. The van der Waals surface area contributed by atoms with Crippen LogP contribution in [0.3, 0.4) is 0 Å². The molecule has 3 heterocycles. The van der Waals surface area contributed by atoms with Gasteiger partial charge in [-0.05, 0) is 37.7 Å². The fourth-order valence-corrected chi connectivity index (χ4v) is 5.88. The van der Waals surface area contributed by atoms with Crippen LogP contribution in [-0.2, 0) is 15.7 Å². The largest absolute Gasteiger partial charge is 0.453 e. The molecule has 2 fully saturated rings. The van der Waals surface area contributed by atoms with Gasteiger partial charge in [-0.1, -0.05) is 0 Å². The third kappa shape index (κ3) is 4.37. The van der Waals surface area contributed by atoms with E-state index in [4.69, 9.17) is 0 Å². The van der Waals surface area contributed by atoms with Crippen LogP contribution in [0.5, 0.6) is 0 Å². The number of fused-ring (bicyclic) bond motifs is 1. The number of H-pyrrole nitrogens is 1. The minimum Gasteiger partial charge on any atom is -0.453 e. The molecule has 0 radical (unpaired) electrons. The molecule has 1 saturated heterocycles. The number of carbonyl (C=O) groups is 1. The van der Waals surface area contributed by atoms with E-state index in [1.807, 2.05) is 16.6 Å². The topological polar surface area (TPSA) is 103 Å². The summed E-state index contributed by atoms with van der Waals surface area (Å²) < 4.78 is 19.1. The summed E-state index contributed by atoms with van der Waals surface area (Å²) in [5.41, 5.74) is 0.862. The van der Waals surface area contributed by atoms with Crippen LogP contribution in [-0.4, -0.2) is 74.6 Å². The molecule has 1 aliphatic carbocycles. The van der Waals surface area contributed by atoms with Crippen molar-refractivity contribution < 1.29 is 13.7 Å². The summed E-state index contributed by atoms with van der Waals surface area (Å²) in [5.74, 6) is 2.15. The van der Waals surface area contributed by atoms with Crippen LogP contribution in [0.25, 0.3) is 11.0 Å². The maximum atomic E-state index is 12.6. The third-order valence-corrected chi connectivity index (χ3v) is 7.68. The highest BCUT2D eigenvalue weighted by molar-refractivity contribution is 7.82. The van der Waals surface area contributed by atoms with Crippen LogP contribution >= 0.6 is 0 Å². The Balaban J connectivity index is 1.24. The molecular weight excluding hydrogens is 392 g/mol. The fourth-order valence-electron chi connectivity index (χ4n) is 4.24. The smallest absolute Gasteiger partial charge is 0.407 e.